The molecule has 13 heavy (non-hydrogen) atoms. The van der Waals surface area contributed by atoms with Crippen molar-refractivity contribution in [3.05, 3.63) is 28.7 Å². The Morgan fingerprint density at radius 1 is 1.08 bits per heavy atom. The fraction of sp³-hybridized carbons (Fsp3) is 0.455. The molecular weight excluding hydrogens is 226 g/mol. The second-order valence-corrected chi connectivity index (χ2v) is 5.12. The van der Waals surface area contributed by atoms with Gasteiger partial charge < -0.3 is 4.90 Å². The molecule has 0 unspecified atom stereocenters. The molecule has 1 aromatic carbocycles. The maximum absolute atomic E-state index is 3.43. The summed E-state index contributed by atoms with van der Waals surface area (Å²) in [7, 11) is 2.11. The van der Waals surface area contributed by atoms with E-state index in [4.69, 9.17) is 0 Å². The predicted molar refractivity (Wildman–Crippen MR) is 62.3 cm³/mol. The van der Waals surface area contributed by atoms with Crippen molar-refractivity contribution in [2.75, 3.05) is 11.9 Å². The van der Waals surface area contributed by atoms with Gasteiger partial charge in [-0.25, -0.2) is 0 Å². The van der Waals surface area contributed by atoms with E-state index in [2.05, 4.69) is 72.9 Å². The van der Waals surface area contributed by atoms with Gasteiger partial charge in [-0.2, -0.15) is 0 Å². The molecule has 2 heteroatoms. The molecule has 0 amide bonds. The highest BCUT2D eigenvalue weighted by Gasteiger charge is 2.16. The first-order chi connectivity index (χ1) is 5.91. The van der Waals surface area contributed by atoms with Crippen molar-refractivity contribution in [3.8, 4) is 0 Å². The first kappa shape index (κ1) is 10.6. The van der Waals surface area contributed by atoms with Crippen LogP contribution in [0.15, 0.2) is 28.7 Å². The number of nitrogens with zero attached hydrogens (tertiary/aromatic N) is 1. The zero-order chi connectivity index (χ0) is 10.1. The summed E-state index contributed by atoms with van der Waals surface area (Å²) in [6.07, 6.45) is 0. The van der Waals surface area contributed by atoms with E-state index in [0.717, 1.165) is 4.47 Å². The van der Waals surface area contributed by atoms with Crippen LogP contribution < -0.4 is 4.90 Å². The summed E-state index contributed by atoms with van der Waals surface area (Å²) < 4.78 is 1.12. The number of hydrogen-bond donors (Lipinski definition) is 0. The maximum atomic E-state index is 3.43. The molecule has 0 aliphatic rings. The van der Waals surface area contributed by atoms with Gasteiger partial charge in [-0.05, 0) is 45.0 Å². The van der Waals surface area contributed by atoms with E-state index in [9.17, 15) is 0 Å². The lowest BCUT2D eigenvalue weighted by Crippen LogP contribution is -2.37. The van der Waals surface area contributed by atoms with Gasteiger partial charge in [0.2, 0.25) is 0 Å². The van der Waals surface area contributed by atoms with Gasteiger partial charge in [0.1, 0.15) is 0 Å². The summed E-state index contributed by atoms with van der Waals surface area (Å²) in [6.45, 7) is 6.61. The third-order valence-electron chi connectivity index (χ3n) is 2.22. The van der Waals surface area contributed by atoms with Crippen LogP contribution >= 0.6 is 15.9 Å². The molecule has 1 nitrogen and oxygen atoms in total. The molecule has 0 bridgehead atoms. The van der Waals surface area contributed by atoms with E-state index in [1.807, 2.05) is 0 Å². The van der Waals surface area contributed by atoms with Crippen LogP contribution in [0.3, 0.4) is 0 Å². The highest BCUT2D eigenvalue weighted by molar-refractivity contribution is 9.10. The Bertz CT molecular complexity index is 271. The van der Waals surface area contributed by atoms with E-state index in [0.29, 0.717) is 0 Å². The minimum absolute atomic E-state index is 0.174. The topological polar surface area (TPSA) is 3.24 Å². The van der Waals surface area contributed by atoms with Crippen LogP contribution in [0.4, 0.5) is 5.69 Å². The molecular formula is C11H16BrN. The normalized spacial score (nSPS) is 11.5. The first-order valence-corrected chi connectivity index (χ1v) is 5.20. The quantitative estimate of drug-likeness (QED) is 0.726. The Morgan fingerprint density at radius 3 is 1.92 bits per heavy atom. The highest BCUT2D eigenvalue weighted by atomic mass is 79.9. The standard InChI is InChI=1S/C11H16BrN/c1-11(2,3)13(4)10-7-5-9(12)6-8-10/h5-8H,1-4H3. The molecule has 0 saturated heterocycles. The number of halogens is 1. The van der Waals surface area contributed by atoms with Gasteiger partial charge in [-0.1, -0.05) is 15.9 Å². The van der Waals surface area contributed by atoms with Gasteiger partial charge >= 0.3 is 0 Å². The summed E-state index contributed by atoms with van der Waals surface area (Å²) in [6, 6.07) is 8.37. The molecule has 0 spiro atoms. The molecule has 0 radical (unpaired) electrons. The van der Waals surface area contributed by atoms with Gasteiger partial charge in [0.05, 0.1) is 0 Å². The number of anilines is 1. The molecule has 0 aliphatic carbocycles. The summed E-state index contributed by atoms with van der Waals surface area (Å²) in [4.78, 5) is 2.26. The molecule has 0 aliphatic heterocycles. The maximum Gasteiger partial charge on any atom is 0.0368 e. The van der Waals surface area contributed by atoms with Gasteiger partial charge in [0, 0.05) is 22.7 Å². The molecule has 0 saturated carbocycles. The molecule has 0 fully saturated rings. The minimum atomic E-state index is 0.174. The number of benzene rings is 1. The monoisotopic (exact) mass is 241 g/mol. The van der Waals surface area contributed by atoms with E-state index < -0.39 is 0 Å². The number of rotatable bonds is 1. The number of hydrogen-bond acceptors (Lipinski definition) is 1. The molecule has 0 N–H and O–H groups in total. The zero-order valence-electron chi connectivity index (χ0n) is 8.63. The van der Waals surface area contributed by atoms with Crippen molar-refractivity contribution >= 4 is 21.6 Å². The lowest BCUT2D eigenvalue weighted by Gasteiger charge is -2.34. The first-order valence-electron chi connectivity index (χ1n) is 4.40. The SMILES string of the molecule is CN(c1ccc(Br)cc1)C(C)(C)C. The van der Waals surface area contributed by atoms with Gasteiger partial charge in [-0.3, -0.25) is 0 Å². The van der Waals surface area contributed by atoms with E-state index in [1.54, 1.807) is 0 Å². The Kier molecular flexibility index (Phi) is 3.01. The predicted octanol–water partition coefficient (Wildman–Crippen LogP) is 3.68. The molecule has 0 heterocycles. The van der Waals surface area contributed by atoms with E-state index in [1.165, 1.54) is 5.69 Å². The average Bonchev–Trinajstić information content (AvgIpc) is 2.03. The van der Waals surface area contributed by atoms with Crippen LogP contribution in [0.2, 0.25) is 0 Å². The summed E-state index contributed by atoms with van der Waals surface area (Å²) in [5.74, 6) is 0. The minimum Gasteiger partial charge on any atom is -0.370 e. The van der Waals surface area contributed by atoms with Gasteiger partial charge in [0.25, 0.3) is 0 Å². The molecule has 1 aromatic rings. The van der Waals surface area contributed by atoms with Gasteiger partial charge in [-0.15, -0.1) is 0 Å². The van der Waals surface area contributed by atoms with E-state index >= 15 is 0 Å². The van der Waals surface area contributed by atoms with Crippen LogP contribution in [0.25, 0.3) is 0 Å². The van der Waals surface area contributed by atoms with Crippen LogP contribution in [0, 0.1) is 0 Å². The Morgan fingerprint density at radius 2 is 1.54 bits per heavy atom. The molecule has 0 atom stereocenters. The third kappa shape index (κ3) is 2.73. The summed E-state index contributed by atoms with van der Waals surface area (Å²) in [5, 5.41) is 0. The summed E-state index contributed by atoms with van der Waals surface area (Å²) in [5.41, 5.74) is 1.42. The van der Waals surface area contributed by atoms with Crippen LogP contribution in [-0.2, 0) is 0 Å². The Balaban J connectivity index is 2.90. The fourth-order valence-corrected chi connectivity index (χ4v) is 1.32. The van der Waals surface area contributed by atoms with Crippen molar-refractivity contribution < 1.29 is 0 Å². The smallest absolute Gasteiger partial charge is 0.0368 e. The second-order valence-electron chi connectivity index (χ2n) is 4.21. The van der Waals surface area contributed by atoms with Crippen LogP contribution in [0.1, 0.15) is 20.8 Å². The lowest BCUT2D eigenvalue weighted by molar-refractivity contribution is 0.539. The molecule has 1 rings (SSSR count). The van der Waals surface area contributed by atoms with Crippen LogP contribution in [-0.4, -0.2) is 12.6 Å². The molecule has 0 aromatic heterocycles. The lowest BCUT2D eigenvalue weighted by atomic mass is 10.1. The Labute approximate surface area is 88.9 Å². The van der Waals surface area contributed by atoms with Crippen LogP contribution in [0.5, 0.6) is 0 Å². The average molecular weight is 242 g/mol. The molecule has 72 valence electrons. The van der Waals surface area contributed by atoms with Crippen molar-refractivity contribution in [1.82, 2.24) is 0 Å². The largest absolute Gasteiger partial charge is 0.370 e. The van der Waals surface area contributed by atoms with E-state index in [-0.39, 0.29) is 5.54 Å². The van der Waals surface area contributed by atoms with Crippen molar-refractivity contribution in [2.45, 2.75) is 26.3 Å². The zero-order valence-corrected chi connectivity index (χ0v) is 10.2. The summed E-state index contributed by atoms with van der Waals surface area (Å²) >= 11 is 3.43. The highest BCUT2D eigenvalue weighted by Crippen LogP contribution is 2.23. The Hall–Kier alpha value is -0.500. The van der Waals surface area contributed by atoms with Crippen molar-refractivity contribution in [1.29, 1.82) is 0 Å². The van der Waals surface area contributed by atoms with Gasteiger partial charge in [0.15, 0.2) is 0 Å². The second kappa shape index (κ2) is 3.70. The van der Waals surface area contributed by atoms with Crippen molar-refractivity contribution in [3.63, 3.8) is 0 Å². The fourth-order valence-electron chi connectivity index (χ4n) is 1.05. The van der Waals surface area contributed by atoms with Crippen molar-refractivity contribution in [2.24, 2.45) is 0 Å². The third-order valence-corrected chi connectivity index (χ3v) is 2.75.